The zero-order valence-corrected chi connectivity index (χ0v) is 19.1. The lowest BCUT2D eigenvalue weighted by atomic mass is 10.2. The van der Waals surface area contributed by atoms with E-state index in [1.54, 1.807) is 6.92 Å². The molecule has 2 amide bonds. The number of hydrogen-bond donors (Lipinski definition) is 6. The highest BCUT2D eigenvalue weighted by molar-refractivity contribution is 5.93. The molecule has 0 aromatic heterocycles. The van der Waals surface area contributed by atoms with Crippen LogP contribution >= 0.6 is 0 Å². The summed E-state index contributed by atoms with van der Waals surface area (Å²) in [5, 5.41) is 42.4. The molecule has 0 bridgehead atoms. The molecular weight excluding hydrogens is 460 g/mol. The molecule has 0 heterocycles. The number of hydrogen-bond acceptors (Lipinski definition) is 8. The van der Waals surface area contributed by atoms with Crippen molar-refractivity contribution in [2.45, 2.75) is 6.92 Å². The van der Waals surface area contributed by atoms with Crippen LogP contribution in [0.15, 0.2) is 42.5 Å². The first kappa shape index (κ1) is 27.1. The van der Waals surface area contributed by atoms with Gasteiger partial charge in [0.1, 0.15) is 11.5 Å². The molecule has 0 aliphatic rings. The second-order valence-electron chi connectivity index (χ2n) is 7.85. The lowest BCUT2D eigenvalue weighted by Gasteiger charge is -2.25. The molecule has 12 nitrogen and oxygen atoms in total. The van der Waals surface area contributed by atoms with Gasteiger partial charge < -0.3 is 31.1 Å². The number of nitrogens with zero attached hydrogens (tertiary/aromatic N) is 2. The SMILES string of the molecule is Cc1cc(O)ccc1NC(=O)CN(CCN(CC(=O)O)CC(=O)Nc1ccc(O)cc1)CC(=O)O. The molecular formula is C23H28N4O8. The minimum atomic E-state index is -1.17. The van der Waals surface area contributed by atoms with Crippen LogP contribution in [0.4, 0.5) is 11.4 Å². The normalized spacial score (nSPS) is 10.8. The number of nitrogens with one attached hydrogen (secondary N) is 2. The predicted octanol–water partition coefficient (Wildman–Crippen LogP) is 0.757. The number of phenols is 2. The maximum absolute atomic E-state index is 12.5. The van der Waals surface area contributed by atoms with Crippen LogP contribution in [0.1, 0.15) is 5.56 Å². The van der Waals surface area contributed by atoms with E-state index < -0.39 is 36.8 Å². The fourth-order valence-corrected chi connectivity index (χ4v) is 3.22. The second-order valence-corrected chi connectivity index (χ2v) is 7.85. The number of rotatable bonds is 13. The van der Waals surface area contributed by atoms with Crippen LogP contribution in [0, 0.1) is 6.92 Å². The average molecular weight is 488 g/mol. The van der Waals surface area contributed by atoms with Crippen LogP contribution < -0.4 is 10.6 Å². The van der Waals surface area contributed by atoms with E-state index in [4.69, 9.17) is 0 Å². The van der Waals surface area contributed by atoms with Crippen LogP contribution in [-0.4, -0.2) is 93.2 Å². The third-order valence-corrected chi connectivity index (χ3v) is 4.82. The Kier molecular flexibility index (Phi) is 9.99. The molecule has 0 aliphatic carbocycles. The number of aromatic hydroxyl groups is 2. The quantitative estimate of drug-likeness (QED) is 0.220. The van der Waals surface area contributed by atoms with Gasteiger partial charge in [-0.25, -0.2) is 0 Å². The third kappa shape index (κ3) is 10.1. The summed E-state index contributed by atoms with van der Waals surface area (Å²) in [6.45, 7) is 0.200. The molecule has 0 saturated carbocycles. The van der Waals surface area contributed by atoms with Crippen LogP contribution in [0.2, 0.25) is 0 Å². The number of carboxylic acid groups (broad SMARTS) is 2. The van der Waals surface area contributed by atoms with E-state index in [0.29, 0.717) is 16.9 Å². The van der Waals surface area contributed by atoms with Crippen LogP contribution in [0.3, 0.4) is 0 Å². The maximum atomic E-state index is 12.5. The largest absolute Gasteiger partial charge is 0.508 e. The van der Waals surface area contributed by atoms with Crippen molar-refractivity contribution in [1.29, 1.82) is 0 Å². The third-order valence-electron chi connectivity index (χ3n) is 4.82. The Morgan fingerprint density at radius 3 is 1.69 bits per heavy atom. The Balaban J connectivity index is 1.98. The van der Waals surface area contributed by atoms with E-state index >= 15 is 0 Å². The van der Waals surface area contributed by atoms with Gasteiger partial charge in [-0.3, -0.25) is 29.0 Å². The molecule has 0 unspecified atom stereocenters. The molecule has 0 spiro atoms. The van der Waals surface area contributed by atoms with E-state index in [1.165, 1.54) is 52.3 Å². The number of phenolic OH excluding ortho intramolecular Hbond substituents is 2. The van der Waals surface area contributed by atoms with Gasteiger partial charge in [-0.2, -0.15) is 0 Å². The molecule has 35 heavy (non-hydrogen) atoms. The van der Waals surface area contributed by atoms with Crippen LogP contribution in [-0.2, 0) is 19.2 Å². The van der Waals surface area contributed by atoms with E-state index in [1.807, 2.05) is 0 Å². The minimum Gasteiger partial charge on any atom is -0.508 e. The van der Waals surface area contributed by atoms with E-state index in [-0.39, 0.29) is 37.7 Å². The van der Waals surface area contributed by atoms with Crippen molar-refractivity contribution < 1.29 is 39.6 Å². The lowest BCUT2D eigenvalue weighted by Crippen LogP contribution is -2.44. The van der Waals surface area contributed by atoms with Crippen LogP contribution in [0.25, 0.3) is 0 Å². The summed E-state index contributed by atoms with van der Waals surface area (Å²) in [7, 11) is 0. The minimum absolute atomic E-state index is 0.00799. The zero-order chi connectivity index (χ0) is 26.0. The van der Waals surface area contributed by atoms with Gasteiger partial charge in [-0.15, -0.1) is 0 Å². The first-order valence-corrected chi connectivity index (χ1v) is 10.6. The number of aliphatic carboxylic acids is 2. The van der Waals surface area contributed by atoms with Crippen molar-refractivity contribution in [3.05, 3.63) is 48.0 Å². The topological polar surface area (TPSA) is 180 Å². The number of carbonyl (C=O) groups excluding carboxylic acids is 2. The summed E-state index contributed by atoms with van der Waals surface area (Å²) >= 11 is 0. The number of aryl methyl sites for hydroxylation is 1. The zero-order valence-electron chi connectivity index (χ0n) is 19.1. The first-order valence-electron chi connectivity index (χ1n) is 10.6. The highest BCUT2D eigenvalue weighted by Gasteiger charge is 2.19. The van der Waals surface area contributed by atoms with Crippen molar-refractivity contribution >= 4 is 35.1 Å². The molecule has 0 fully saturated rings. The van der Waals surface area contributed by atoms with Crippen molar-refractivity contribution in [1.82, 2.24) is 9.80 Å². The fraction of sp³-hybridized carbons (Fsp3) is 0.304. The summed E-state index contributed by atoms with van der Waals surface area (Å²) in [5.41, 5.74) is 1.49. The highest BCUT2D eigenvalue weighted by Crippen LogP contribution is 2.20. The molecule has 2 rings (SSSR count). The van der Waals surface area contributed by atoms with Crippen molar-refractivity contribution in [3.63, 3.8) is 0 Å². The first-order chi connectivity index (χ1) is 16.5. The van der Waals surface area contributed by atoms with E-state index in [9.17, 15) is 39.6 Å². The van der Waals surface area contributed by atoms with Crippen molar-refractivity contribution in [2.75, 3.05) is 49.9 Å². The molecule has 0 radical (unpaired) electrons. The summed E-state index contributed by atoms with van der Waals surface area (Å²) in [6, 6.07) is 10.1. The second kappa shape index (κ2) is 12.9. The molecule has 6 N–H and O–H groups in total. The number of carboxylic acids is 2. The average Bonchev–Trinajstić information content (AvgIpc) is 2.74. The lowest BCUT2D eigenvalue weighted by molar-refractivity contribution is -0.140. The van der Waals surface area contributed by atoms with Gasteiger partial charge in [0.2, 0.25) is 11.8 Å². The van der Waals surface area contributed by atoms with Gasteiger partial charge in [0.15, 0.2) is 0 Å². The van der Waals surface area contributed by atoms with Gasteiger partial charge in [-0.05, 0) is 55.0 Å². The highest BCUT2D eigenvalue weighted by atomic mass is 16.4. The molecule has 0 atom stereocenters. The monoisotopic (exact) mass is 488 g/mol. The van der Waals surface area contributed by atoms with E-state index in [2.05, 4.69) is 10.6 Å². The number of benzene rings is 2. The van der Waals surface area contributed by atoms with Gasteiger partial charge in [0, 0.05) is 24.5 Å². The predicted molar refractivity (Wildman–Crippen MR) is 126 cm³/mol. The summed E-state index contributed by atoms with van der Waals surface area (Å²) in [4.78, 5) is 50.0. The summed E-state index contributed by atoms with van der Waals surface area (Å²) in [6.07, 6.45) is 0. The summed E-state index contributed by atoms with van der Waals surface area (Å²) < 4.78 is 0. The van der Waals surface area contributed by atoms with Gasteiger partial charge >= 0.3 is 11.9 Å². The Labute approximate surface area is 201 Å². The molecule has 12 heteroatoms. The van der Waals surface area contributed by atoms with E-state index in [0.717, 1.165) is 0 Å². The molecule has 2 aromatic carbocycles. The number of anilines is 2. The number of amides is 2. The Morgan fingerprint density at radius 2 is 1.20 bits per heavy atom. The van der Waals surface area contributed by atoms with Crippen molar-refractivity contribution in [3.8, 4) is 11.5 Å². The summed E-state index contributed by atoms with van der Waals surface area (Å²) in [5.74, 6) is -3.27. The molecule has 188 valence electrons. The number of carbonyl (C=O) groups is 4. The van der Waals surface area contributed by atoms with Gasteiger partial charge in [0.25, 0.3) is 0 Å². The van der Waals surface area contributed by atoms with Crippen LogP contribution in [0.5, 0.6) is 11.5 Å². The van der Waals surface area contributed by atoms with Crippen molar-refractivity contribution in [2.24, 2.45) is 0 Å². The fourth-order valence-electron chi connectivity index (χ4n) is 3.22. The Morgan fingerprint density at radius 1 is 0.714 bits per heavy atom. The van der Waals surface area contributed by atoms with Gasteiger partial charge in [-0.1, -0.05) is 0 Å². The Bertz CT molecular complexity index is 1060. The Hall–Kier alpha value is -4.16. The smallest absolute Gasteiger partial charge is 0.317 e. The standard InChI is InChI=1S/C23H28N4O8/c1-15-10-18(29)6-7-19(15)25-21(31)12-27(14-23(34)35)9-8-26(13-22(32)33)11-20(30)24-16-2-4-17(28)5-3-16/h2-7,10,28-29H,8-9,11-14H2,1H3,(H,24,30)(H,25,31)(H,32,33)(H,34,35). The molecule has 0 saturated heterocycles. The maximum Gasteiger partial charge on any atom is 0.317 e. The van der Waals surface area contributed by atoms with Gasteiger partial charge in [0.05, 0.1) is 26.2 Å². The molecule has 2 aromatic rings. The molecule has 0 aliphatic heterocycles.